The summed E-state index contributed by atoms with van der Waals surface area (Å²) >= 11 is 1.15. The number of sulfonamides is 1. The maximum atomic E-state index is 13.5. The zero-order chi connectivity index (χ0) is 25.8. The van der Waals surface area contributed by atoms with Crippen molar-refractivity contribution in [1.29, 1.82) is 0 Å². The Kier molecular flexibility index (Phi) is 6.85. The molecule has 0 aliphatic carbocycles. The smallest absolute Gasteiger partial charge is 0.266 e. The van der Waals surface area contributed by atoms with Crippen molar-refractivity contribution in [2.45, 2.75) is 10.1 Å². The van der Waals surface area contributed by atoms with Gasteiger partial charge in [0.2, 0.25) is 0 Å². The van der Waals surface area contributed by atoms with Gasteiger partial charge in [-0.25, -0.2) is 18.4 Å². The van der Waals surface area contributed by atoms with Gasteiger partial charge < -0.3 is 0 Å². The number of hydrogen-bond acceptors (Lipinski definition) is 7. The van der Waals surface area contributed by atoms with Gasteiger partial charge in [-0.15, -0.1) is 0 Å². The molecule has 184 valence electrons. The Morgan fingerprint density at radius 3 is 2.30 bits per heavy atom. The van der Waals surface area contributed by atoms with Crippen molar-refractivity contribution in [2.75, 3.05) is 10.5 Å². The maximum absolute atomic E-state index is 13.5. The molecule has 0 bridgehead atoms. The predicted molar refractivity (Wildman–Crippen MR) is 144 cm³/mol. The van der Waals surface area contributed by atoms with Crippen molar-refractivity contribution < 1.29 is 13.2 Å². The number of ketones is 1. The summed E-state index contributed by atoms with van der Waals surface area (Å²) in [6.45, 7) is 0. The Labute approximate surface area is 217 Å². The van der Waals surface area contributed by atoms with Crippen LogP contribution in [-0.4, -0.2) is 34.5 Å². The summed E-state index contributed by atoms with van der Waals surface area (Å²) < 4.78 is 29.4. The molecule has 0 fully saturated rings. The molecular formula is C27H20N4O4S2. The first kappa shape index (κ1) is 24.4. The van der Waals surface area contributed by atoms with E-state index >= 15 is 0 Å². The first-order valence-electron chi connectivity index (χ1n) is 11.2. The monoisotopic (exact) mass is 528 g/mol. The number of hydrogen-bond donors (Lipinski definition) is 1. The number of benzene rings is 3. The minimum atomic E-state index is -3.88. The van der Waals surface area contributed by atoms with E-state index in [-0.39, 0.29) is 27.8 Å². The first-order valence-corrected chi connectivity index (χ1v) is 13.7. The van der Waals surface area contributed by atoms with Crippen LogP contribution in [0.15, 0.2) is 118 Å². The molecule has 0 aliphatic rings. The third kappa shape index (κ3) is 5.30. The molecule has 0 saturated heterocycles. The molecule has 0 amide bonds. The van der Waals surface area contributed by atoms with E-state index in [1.807, 2.05) is 6.07 Å². The molecule has 0 saturated carbocycles. The van der Waals surface area contributed by atoms with Crippen LogP contribution in [0.5, 0.6) is 0 Å². The van der Waals surface area contributed by atoms with Gasteiger partial charge in [0.1, 0.15) is 5.82 Å². The van der Waals surface area contributed by atoms with E-state index in [1.54, 1.807) is 66.7 Å². The minimum absolute atomic E-state index is 0.0113. The van der Waals surface area contributed by atoms with Gasteiger partial charge >= 0.3 is 0 Å². The number of carbonyl (C=O) groups excluding carboxylic acids is 1. The van der Waals surface area contributed by atoms with Gasteiger partial charge in [-0.3, -0.25) is 18.9 Å². The zero-order valence-corrected chi connectivity index (χ0v) is 20.9. The van der Waals surface area contributed by atoms with Crippen LogP contribution in [0, 0.1) is 0 Å². The molecule has 0 spiro atoms. The van der Waals surface area contributed by atoms with Crippen molar-refractivity contribution in [2.24, 2.45) is 0 Å². The van der Waals surface area contributed by atoms with Crippen LogP contribution in [0.4, 0.5) is 5.82 Å². The summed E-state index contributed by atoms with van der Waals surface area (Å²) in [7, 11) is -3.88. The van der Waals surface area contributed by atoms with E-state index < -0.39 is 10.0 Å². The van der Waals surface area contributed by atoms with Gasteiger partial charge in [0.15, 0.2) is 10.9 Å². The van der Waals surface area contributed by atoms with Crippen molar-refractivity contribution >= 4 is 44.3 Å². The molecule has 8 nitrogen and oxygen atoms in total. The lowest BCUT2D eigenvalue weighted by atomic mass is 10.2. The average Bonchev–Trinajstić information content (AvgIpc) is 2.93. The van der Waals surface area contributed by atoms with E-state index in [9.17, 15) is 18.0 Å². The second-order valence-corrected chi connectivity index (χ2v) is 10.6. The number of thioether (sulfide) groups is 1. The molecule has 37 heavy (non-hydrogen) atoms. The Morgan fingerprint density at radius 1 is 0.865 bits per heavy atom. The van der Waals surface area contributed by atoms with Gasteiger partial charge in [0, 0.05) is 11.8 Å². The van der Waals surface area contributed by atoms with Crippen molar-refractivity contribution in [1.82, 2.24) is 14.5 Å². The van der Waals surface area contributed by atoms with Crippen LogP contribution in [0.1, 0.15) is 10.4 Å². The van der Waals surface area contributed by atoms with Gasteiger partial charge in [-0.1, -0.05) is 60.3 Å². The maximum Gasteiger partial charge on any atom is 0.266 e. The second kappa shape index (κ2) is 10.4. The summed E-state index contributed by atoms with van der Waals surface area (Å²) in [5.74, 6) is 0.180. The fourth-order valence-electron chi connectivity index (χ4n) is 3.67. The SMILES string of the molecule is O=C(CSc1nc2ccccc2c(=O)n1-c1ccc(S(=O)(=O)Nc2ccccn2)cc1)c1ccccc1. The number of carbonyl (C=O) groups is 1. The molecule has 0 radical (unpaired) electrons. The van der Waals surface area contributed by atoms with Crippen LogP contribution >= 0.6 is 11.8 Å². The third-order valence-corrected chi connectivity index (χ3v) is 7.79. The van der Waals surface area contributed by atoms with Gasteiger partial charge in [0.05, 0.1) is 27.2 Å². The zero-order valence-electron chi connectivity index (χ0n) is 19.3. The fourth-order valence-corrected chi connectivity index (χ4v) is 5.58. The number of Topliss-reactive ketones (excluding diaryl/α,β-unsaturated/α-hetero) is 1. The third-order valence-electron chi connectivity index (χ3n) is 5.48. The molecule has 5 rings (SSSR count). The lowest BCUT2D eigenvalue weighted by Gasteiger charge is -2.14. The lowest BCUT2D eigenvalue weighted by Crippen LogP contribution is -2.22. The molecular weight excluding hydrogens is 508 g/mol. The van der Waals surface area contributed by atoms with Crippen LogP contribution in [0.2, 0.25) is 0 Å². The van der Waals surface area contributed by atoms with Gasteiger partial charge in [-0.05, 0) is 48.5 Å². The molecule has 2 heterocycles. The standard InChI is InChI=1S/C27H20N4O4S2/c32-24(19-8-2-1-3-9-19)18-36-27-29-23-11-5-4-10-22(23)26(33)31(27)20-13-15-21(16-14-20)37(34,35)30-25-12-6-7-17-28-25/h1-17H,18H2,(H,28,30). The average molecular weight is 529 g/mol. The summed E-state index contributed by atoms with van der Waals surface area (Å²) in [5.41, 5.74) is 1.19. The van der Waals surface area contributed by atoms with Crippen LogP contribution in [0.3, 0.4) is 0 Å². The largest absolute Gasteiger partial charge is 0.293 e. The molecule has 0 aliphatic heterocycles. The highest BCUT2D eigenvalue weighted by atomic mass is 32.2. The molecule has 3 aromatic carbocycles. The number of para-hydroxylation sites is 1. The summed E-state index contributed by atoms with van der Waals surface area (Å²) in [6.07, 6.45) is 1.49. The number of anilines is 1. The number of nitrogens with zero attached hydrogens (tertiary/aromatic N) is 3. The van der Waals surface area contributed by atoms with Crippen molar-refractivity contribution in [3.05, 3.63) is 119 Å². The topological polar surface area (TPSA) is 111 Å². The van der Waals surface area contributed by atoms with Crippen LogP contribution in [0.25, 0.3) is 16.6 Å². The highest BCUT2D eigenvalue weighted by molar-refractivity contribution is 7.99. The Balaban J connectivity index is 1.50. The predicted octanol–water partition coefficient (Wildman–Crippen LogP) is 4.56. The summed E-state index contributed by atoms with van der Waals surface area (Å²) in [6, 6.07) is 26.7. The van der Waals surface area contributed by atoms with Gasteiger partial charge in [-0.2, -0.15) is 0 Å². The Morgan fingerprint density at radius 2 is 1.57 bits per heavy atom. The number of nitrogens with one attached hydrogen (secondary N) is 1. The molecule has 0 unspecified atom stereocenters. The normalized spacial score (nSPS) is 11.4. The Bertz CT molecular complexity index is 1740. The van der Waals surface area contributed by atoms with Crippen LogP contribution < -0.4 is 10.3 Å². The Hall–Kier alpha value is -4.28. The van der Waals surface area contributed by atoms with Gasteiger partial charge in [0.25, 0.3) is 15.6 Å². The molecule has 10 heteroatoms. The van der Waals surface area contributed by atoms with E-state index in [1.165, 1.54) is 35.0 Å². The minimum Gasteiger partial charge on any atom is -0.293 e. The van der Waals surface area contributed by atoms with Crippen molar-refractivity contribution in [3.8, 4) is 5.69 Å². The quantitative estimate of drug-likeness (QED) is 0.179. The number of pyridine rings is 1. The van der Waals surface area contributed by atoms with E-state index in [4.69, 9.17) is 0 Å². The number of fused-ring (bicyclic) bond motifs is 1. The number of aromatic nitrogens is 3. The molecule has 5 aromatic rings. The van der Waals surface area contributed by atoms with E-state index in [0.717, 1.165) is 11.8 Å². The highest BCUT2D eigenvalue weighted by Gasteiger charge is 2.18. The second-order valence-electron chi connectivity index (χ2n) is 7.94. The molecule has 2 aromatic heterocycles. The lowest BCUT2D eigenvalue weighted by molar-refractivity contribution is 0.102. The first-order chi connectivity index (χ1) is 17.9. The van der Waals surface area contributed by atoms with E-state index in [0.29, 0.717) is 27.3 Å². The summed E-state index contributed by atoms with van der Waals surface area (Å²) in [4.78, 5) is 34.8. The summed E-state index contributed by atoms with van der Waals surface area (Å²) in [5, 5.41) is 0.741. The highest BCUT2D eigenvalue weighted by Crippen LogP contribution is 2.24. The van der Waals surface area contributed by atoms with E-state index in [2.05, 4.69) is 14.7 Å². The molecule has 0 atom stereocenters. The fraction of sp³-hybridized carbons (Fsp3) is 0.0370. The number of rotatable bonds is 8. The molecule has 1 N–H and O–H groups in total. The van der Waals surface area contributed by atoms with Crippen LogP contribution in [-0.2, 0) is 10.0 Å². The van der Waals surface area contributed by atoms with Crippen molar-refractivity contribution in [3.63, 3.8) is 0 Å².